The number of ether oxygens (including phenoxy) is 10. The van der Waals surface area contributed by atoms with E-state index in [1.807, 2.05) is 36.4 Å². The number of aliphatic imine (C=N–C) groups is 6. The molecule has 10 rings (SSSR count). The second-order valence-electron chi connectivity index (χ2n) is 27.5. The lowest BCUT2D eigenvalue weighted by molar-refractivity contribution is 0.240. The van der Waals surface area contributed by atoms with E-state index < -0.39 is 0 Å². The van der Waals surface area contributed by atoms with Gasteiger partial charge in [-0.2, -0.15) is 0 Å². The van der Waals surface area contributed by atoms with E-state index in [0.717, 1.165) is 120 Å². The molecule has 2 aromatic heterocycles. The van der Waals surface area contributed by atoms with Crippen molar-refractivity contribution in [3.05, 3.63) is 133 Å². The second kappa shape index (κ2) is 49.2. The monoisotopic (exact) mass is 1670 g/mol. The van der Waals surface area contributed by atoms with E-state index in [9.17, 15) is 0 Å². The van der Waals surface area contributed by atoms with Crippen LogP contribution in [0.3, 0.4) is 0 Å². The van der Waals surface area contributed by atoms with Gasteiger partial charge in [0.05, 0.1) is 71.9 Å². The highest BCUT2D eigenvalue weighted by atomic mass is 32.1. The summed E-state index contributed by atoms with van der Waals surface area (Å²) in [5.41, 5.74) is 86.4. The van der Waals surface area contributed by atoms with Gasteiger partial charge in [0.25, 0.3) is 0 Å². The Kier molecular flexibility index (Phi) is 38.2. The molecule has 0 saturated heterocycles. The van der Waals surface area contributed by atoms with Crippen LogP contribution in [0.15, 0.2) is 163 Å². The van der Waals surface area contributed by atoms with Crippen LogP contribution in [0.5, 0.6) is 57.5 Å². The highest BCUT2D eigenvalue weighted by molar-refractivity contribution is 7.26. The van der Waals surface area contributed by atoms with Gasteiger partial charge < -0.3 is 128 Å². The van der Waals surface area contributed by atoms with E-state index in [4.69, 9.17) is 128 Å². The largest absolute Gasteiger partial charge is 0.493 e. The Morgan fingerprint density at radius 1 is 0.269 bits per heavy atom. The molecule has 8 aromatic carbocycles. The van der Waals surface area contributed by atoms with Gasteiger partial charge in [0.1, 0.15) is 23.0 Å². The lowest BCUT2D eigenvalue weighted by Gasteiger charge is -2.19. The van der Waals surface area contributed by atoms with Crippen LogP contribution in [0.4, 0.5) is 0 Å². The van der Waals surface area contributed by atoms with Crippen LogP contribution in [0.2, 0.25) is 0 Å². The smallest absolute Gasteiger partial charge is 0.203 e. The molecule has 0 aliphatic heterocycles. The van der Waals surface area contributed by atoms with Crippen molar-refractivity contribution in [2.24, 2.45) is 110 Å². The summed E-state index contributed by atoms with van der Waals surface area (Å²) < 4.78 is 67.3. The molecule has 0 radical (unpaired) electrons. The number of fused-ring (bicyclic) bond motifs is 6. The molecule has 2 heterocycles. The third kappa shape index (κ3) is 29.8. The summed E-state index contributed by atoms with van der Waals surface area (Å²) in [7, 11) is 0. The molecule has 640 valence electrons. The molecule has 0 saturated carbocycles. The molecule has 0 atom stereocenters. The Morgan fingerprint density at radius 3 is 0.748 bits per heavy atom. The first-order chi connectivity index (χ1) is 57.3. The first-order valence-electron chi connectivity index (χ1n) is 39.8. The molecule has 10 aromatic rings. The van der Waals surface area contributed by atoms with Crippen molar-refractivity contribution in [3.63, 3.8) is 0 Å². The van der Waals surface area contributed by atoms with Crippen molar-refractivity contribution in [2.45, 2.75) is 91.9 Å². The van der Waals surface area contributed by atoms with Gasteiger partial charge in [-0.3, -0.25) is 30.0 Å². The van der Waals surface area contributed by atoms with Crippen LogP contribution < -0.4 is 128 Å². The number of guanidine groups is 5. The fourth-order valence-electron chi connectivity index (χ4n) is 12.2. The number of nitrogens with two attached hydrogens (primary N) is 14. The van der Waals surface area contributed by atoms with Crippen molar-refractivity contribution in [2.75, 3.05) is 125 Å². The summed E-state index contributed by atoms with van der Waals surface area (Å²) in [6.45, 7) is 12.2. The zero-order chi connectivity index (χ0) is 84.0. The quantitative estimate of drug-likeness (QED) is 0.00956. The number of hydrogen-bond acceptors (Lipinski definition) is 21. The van der Waals surface area contributed by atoms with Crippen molar-refractivity contribution in [1.29, 1.82) is 0 Å². The molecule has 119 heavy (non-hydrogen) atoms. The second-order valence-corrected chi connectivity index (χ2v) is 29.6. The Labute approximate surface area is 704 Å². The maximum atomic E-state index is 6.43. The molecule has 32 heteroatoms. The van der Waals surface area contributed by atoms with Gasteiger partial charge in [0.15, 0.2) is 52.8 Å². The summed E-state index contributed by atoms with van der Waals surface area (Å²) in [5, 5.41) is 4.52. The average molecular weight is 1670 g/mol. The predicted molar refractivity (Wildman–Crippen MR) is 491 cm³/mol. The Bertz CT molecular complexity index is 4590. The third-order valence-corrected chi connectivity index (χ3v) is 20.2. The minimum atomic E-state index is 0. The molecule has 28 N–H and O–H groups in total. The molecule has 0 aliphatic rings. The van der Waals surface area contributed by atoms with Gasteiger partial charge in [0.2, 0.25) is 11.5 Å². The molecule has 0 unspecified atom stereocenters. The molecule has 0 spiro atoms. The van der Waals surface area contributed by atoms with E-state index in [-0.39, 0.29) is 57.0 Å². The fraction of sp³-hybridized carbons (Fsp3) is 0.379. The van der Waals surface area contributed by atoms with Gasteiger partial charge in [0, 0.05) is 130 Å². The fourth-order valence-corrected chi connectivity index (χ4v) is 14.3. The minimum Gasteiger partial charge on any atom is -0.493 e. The number of hydrogen-bond donors (Lipinski definition) is 14. The zero-order valence-corrected chi connectivity index (χ0v) is 69.2. The van der Waals surface area contributed by atoms with Gasteiger partial charge in [-0.1, -0.05) is 45.0 Å². The van der Waals surface area contributed by atoms with Crippen molar-refractivity contribution >= 4 is 98.7 Å². The Balaban J connectivity index is 0.000000327. The number of thiophene rings is 2. The normalized spacial score (nSPS) is 11.1. The van der Waals surface area contributed by atoms with E-state index in [1.165, 1.54) is 20.2 Å². The van der Waals surface area contributed by atoms with E-state index in [2.05, 4.69) is 134 Å². The van der Waals surface area contributed by atoms with Crippen LogP contribution in [0.25, 0.3) is 84.9 Å². The van der Waals surface area contributed by atoms with Crippen LogP contribution >= 0.6 is 22.7 Å². The molecule has 0 fully saturated rings. The summed E-state index contributed by atoms with van der Waals surface area (Å²) in [5.74, 6) is 6.46. The molecular weight excluding hydrogens is 1550 g/mol. The van der Waals surface area contributed by atoms with E-state index in [1.54, 1.807) is 29.6 Å². The first kappa shape index (κ1) is 92.4. The van der Waals surface area contributed by atoms with Crippen LogP contribution in [-0.4, -0.2) is 161 Å². The van der Waals surface area contributed by atoms with E-state index in [0.29, 0.717) is 184 Å². The van der Waals surface area contributed by atoms with E-state index >= 15 is 0 Å². The highest BCUT2D eigenvalue weighted by Gasteiger charge is 2.22. The lowest BCUT2D eigenvalue weighted by atomic mass is 9.99. The summed E-state index contributed by atoms with van der Waals surface area (Å²) >= 11 is 3.50. The number of amidine groups is 1. The standard InChI is InChI=1S/C49H71N17O6S.C37H45N3O4S.CH4/c1-30(50)61-12-2-18-67-37-26-33(27-38(68-19-3-13-62-45(51)52)43(37)71-22-6-16-65-48(57)58)31-8-10-41-35(24-31)36-25-32(9-11-42(36)73-41)34-28-39(69-20-4-14-63-46(53)54)44(72-23-7-17-66-49(59)60)40(29-34)70-21-5-15-64-47(55)56;1-2-3-14-41-30-18-28(19-31(24-30)42-15-4-11-38)26-7-9-36-34(22-26)35-23-27(8-10-37(35)45-36)29-20-32(43-16-5-12-39)25-33(21-29)44-17-6-13-40;/h8-11,24-29H,2-7,12-23H2,1H3,(H2,50,61)(H4,51,52,62)(H4,53,54,63)(H4,55,56,64)(H4,57,58,65)(H4,59,60,66);7-10,18-25H,2-6,11-17,38-40H2,1H3;1H4. The molecule has 0 amide bonds. The van der Waals surface area contributed by atoms with Crippen LogP contribution in [-0.2, 0) is 0 Å². The summed E-state index contributed by atoms with van der Waals surface area (Å²) in [4.78, 5) is 24.8. The maximum absolute atomic E-state index is 6.43. The number of benzene rings is 8. The van der Waals surface area contributed by atoms with Gasteiger partial charge >= 0.3 is 0 Å². The van der Waals surface area contributed by atoms with Crippen LogP contribution in [0.1, 0.15) is 91.9 Å². The summed E-state index contributed by atoms with van der Waals surface area (Å²) in [6.07, 6.45) is 7.78. The maximum Gasteiger partial charge on any atom is 0.203 e. The molecular formula is C87H120N20O10S2. The predicted octanol–water partition coefficient (Wildman–Crippen LogP) is 11.1. The van der Waals surface area contributed by atoms with Crippen molar-refractivity contribution < 1.29 is 47.4 Å². The number of unbranched alkanes of at least 4 members (excludes halogenated alkanes) is 1. The third-order valence-electron chi connectivity index (χ3n) is 17.9. The molecule has 30 nitrogen and oxygen atoms in total. The number of nitrogens with zero attached hydrogens (tertiary/aromatic N) is 6. The SMILES string of the molecule is C.CC(N)=NCCCOc1cc(-c2ccc3sc4ccc(-c5cc(OCCCN=C(N)N)c(OCCCN=C(N)N)c(OCCCN=C(N)N)c5)cc4c3c2)cc(OCCCN=C(N)N)c1OCCCN=C(N)N.CCCCOc1cc(OCCCN)cc(-c2ccc3sc4ccc(-c5cc(OCCCN)cc(OCCCN)c5)cc4c3c2)c1. The highest BCUT2D eigenvalue weighted by Crippen LogP contribution is 2.48. The lowest BCUT2D eigenvalue weighted by Crippen LogP contribution is -2.23. The molecule has 0 aliphatic carbocycles. The van der Waals surface area contributed by atoms with Crippen molar-refractivity contribution in [3.8, 4) is 102 Å². The summed E-state index contributed by atoms with van der Waals surface area (Å²) in [6, 6.07) is 46.1. The van der Waals surface area contributed by atoms with Gasteiger partial charge in [-0.05, 0) is 194 Å². The van der Waals surface area contributed by atoms with Gasteiger partial charge in [-0.25, -0.2) is 0 Å². The average Bonchev–Trinajstić information content (AvgIpc) is 1.60. The minimum absolute atomic E-state index is 0. The Morgan fingerprint density at radius 2 is 0.504 bits per heavy atom. The van der Waals surface area contributed by atoms with Crippen molar-refractivity contribution in [1.82, 2.24) is 0 Å². The van der Waals surface area contributed by atoms with Gasteiger partial charge in [-0.15, -0.1) is 22.7 Å². The zero-order valence-electron chi connectivity index (χ0n) is 67.6. The molecule has 0 bridgehead atoms. The number of rotatable bonds is 50. The van der Waals surface area contributed by atoms with Crippen LogP contribution in [0, 0.1) is 0 Å². The topological polar surface area (TPSA) is 531 Å². The first-order valence-corrected chi connectivity index (χ1v) is 41.4. The Hall–Kier alpha value is -12.1.